The molecule has 2 heterocycles. The number of benzene rings is 1. The SMILES string of the molecule is CCc1c(N2CCCC2=O)cccc1S(=O)(=O)N[C@@H](C(N)=O)C(=O)N1CCC(=C(F)F)CC1. The van der Waals surface area contributed by atoms with E-state index in [4.69, 9.17) is 5.73 Å². The maximum Gasteiger partial charge on any atom is 0.269 e. The number of sulfonamides is 1. The van der Waals surface area contributed by atoms with Gasteiger partial charge in [-0.05, 0) is 49.0 Å². The van der Waals surface area contributed by atoms with Gasteiger partial charge in [0.15, 0.2) is 6.04 Å². The van der Waals surface area contributed by atoms with E-state index in [0.29, 0.717) is 30.6 Å². The molecule has 180 valence electrons. The van der Waals surface area contributed by atoms with E-state index in [9.17, 15) is 31.6 Å². The summed E-state index contributed by atoms with van der Waals surface area (Å²) >= 11 is 0. The predicted molar refractivity (Wildman–Crippen MR) is 116 cm³/mol. The fourth-order valence-electron chi connectivity index (χ4n) is 4.13. The standard InChI is InChI=1S/C21H26F2N4O5S/c1-2-14-15(27-10-4-7-17(27)28)5-3-6-16(14)33(31,32)25-18(20(24)29)21(30)26-11-8-13(9-12-26)19(22)23/h3,5-6,18,25H,2,4,7-12H2,1H3,(H2,24,29)/t18-/m0/s1. The van der Waals surface area contributed by atoms with E-state index in [2.05, 4.69) is 4.72 Å². The third-order valence-corrected chi connectivity index (χ3v) is 7.37. The van der Waals surface area contributed by atoms with Gasteiger partial charge in [0.2, 0.25) is 27.7 Å². The van der Waals surface area contributed by atoms with Crippen LogP contribution < -0.4 is 15.4 Å². The van der Waals surface area contributed by atoms with Crippen molar-refractivity contribution >= 4 is 33.4 Å². The number of hydrogen-bond donors (Lipinski definition) is 2. The summed E-state index contributed by atoms with van der Waals surface area (Å²) in [6, 6.07) is 2.58. The van der Waals surface area contributed by atoms with Crippen LogP contribution in [0.4, 0.5) is 14.5 Å². The molecule has 2 aliphatic heterocycles. The molecule has 1 aromatic carbocycles. The van der Waals surface area contributed by atoms with Crippen molar-refractivity contribution in [3.8, 4) is 0 Å². The van der Waals surface area contributed by atoms with E-state index in [1.807, 2.05) is 0 Å². The van der Waals surface area contributed by atoms with Crippen LogP contribution in [0, 0.1) is 0 Å². The molecule has 33 heavy (non-hydrogen) atoms. The molecular weight excluding hydrogens is 458 g/mol. The van der Waals surface area contributed by atoms with Gasteiger partial charge in [-0.2, -0.15) is 13.5 Å². The number of nitrogens with one attached hydrogen (secondary N) is 1. The van der Waals surface area contributed by atoms with Crippen LogP contribution in [0.3, 0.4) is 0 Å². The quantitative estimate of drug-likeness (QED) is 0.563. The van der Waals surface area contributed by atoms with Crippen molar-refractivity contribution < 1.29 is 31.6 Å². The van der Waals surface area contributed by atoms with Crippen molar-refractivity contribution in [1.82, 2.24) is 9.62 Å². The van der Waals surface area contributed by atoms with Gasteiger partial charge in [-0.1, -0.05) is 13.0 Å². The normalized spacial score (nSPS) is 17.9. The average molecular weight is 485 g/mol. The minimum absolute atomic E-state index is 0.0712. The van der Waals surface area contributed by atoms with Crippen LogP contribution in [0.5, 0.6) is 0 Å². The lowest BCUT2D eigenvalue weighted by Gasteiger charge is -2.30. The zero-order chi connectivity index (χ0) is 24.3. The third-order valence-electron chi connectivity index (χ3n) is 5.87. The Morgan fingerprint density at radius 2 is 1.82 bits per heavy atom. The molecule has 12 heteroatoms. The van der Waals surface area contributed by atoms with E-state index >= 15 is 0 Å². The van der Waals surface area contributed by atoms with Crippen LogP contribution in [-0.2, 0) is 30.8 Å². The fourth-order valence-corrected chi connectivity index (χ4v) is 5.62. The van der Waals surface area contributed by atoms with Gasteiger partial charge in [0, 0.05) is 31.7 Å². The second-order valence-corrected chi connectivity index (χ2v) is 9.58. The first kappa shape index (κ1) is 24.8. The average Bonchev–Trinajstić information content (AvgIpc) is 3.21. The second kappa shape index (κ2) is 9.96. The number of amides is 3. The minimum Gasteiger partial charge on any atom is -0.368 e. The lowest BCUT2D eigenvalue weighted by molar-refractivity contribution is -0.138. The topological polar surface area (TPSA) is 130 Å². The fraction of sp³-hybridized carbons (Fsp3) is 0.476. The molecule has 0 bridgehead atoms. The Hall–Kier alpha value is -2.86. The summed E-state index contributed by atoms with van der Waals surface area (Å²) in [6.07, 6.45) is -0.625. The molecule has 0 aromatic heterocycles. The summed E-state index contributed by atoms with van der Waals surface area (Å²) in [4.78, 5) is 39.6. The summed E-state index contributed by atoms with van der Waals surface area (Å²) in [5.74, 6) is -2.21. The van der Waals surface area contributed by atoms with Crippen molar-refractivity contribution in [1.29, 1.82) is 0 Å². The van der Waals surface area contributed by atoms with Crippen LogP contribution in [0.25, 0.3) is 0 Å². The lowest BCUT2D eigenvalue weighted by Crippen LogP contribution is -2.56. The first-order chi connectivity index (χ1) is 15.6. The van der Waals surface area contributed by atoms with Gasteiger partial charge < -0.3 is 15.5 Å². The van der Waals surface area contributed by atoms with E-state index < -0.39 is 34.0 Å². The Balaban J connectivity index is 1.87. The number of carbonyl (C=O) groups excluding carboxylic acids is 3. The summed E-state index contributed by atoms with van der Waals surface area (Å²) in [5, 5.41) is 0. The summed E-state index contributed by atoms with van der Waals surface area (Å²) in [6.45, 7) is 2.04. The molecule has 2 saturated heterocycles. The maximum atomic E-state index is 13.2. The molecule has 2 fully saturated rings. The van der Waals surface area contributed by atoms with Crippen LogP contribution in [0.2, 0.25) is 0 Å². The number of likely N-dealkylation sites (tertiary alicyclic amines) is 1. The third kappa shape index (κ3) is 5.22. The number of primary amides is 1. The molecule has 2 aliphatic rings. The first-order valence-electron chi connectivity index (χ1n) is 10.6. The Morgan fingerprint density at radius 1 is 1.15 bits per heavy atom. The molecule has 1 aromatic rings. The van der Waals surface area contributed by atoms with Gasteiger partial charge in [0.1, 0.15) is 0 Å². The van der Waals surface area contributed by atoms with Crippen molar-refractivity contribution in [3.05, 3.63) is 35.4 Å². The highest BCUT2D eigenvalue weighted by atomic mass is 32.2. The smallest absolute Gasteiger partial charge is 0.269 e. The number of hydrogen-bond acceptors (Lipinski definition) is 5. The van der Waals surface area contributed by atoms with Crippen LogP contribution in [-0.4, -0.2) is 56.7 Å². The van der Waals surface area contributed by atoms with Gasteiger partial charge in [-0.15, -0.1) is 0 Å². The first-order valence-corrected chi connectivity index (χ1v) is 12.1. The number of rotatable bonds is 7. The number of nitrogens with two attached hydrogens (primary N) is 1. The Bertz CT molecular complexity index is 1090. The zero-order valence-corrected chi connectivity index (χ0v) is 19.0. The molecule has 0 aliphatic carbocycles. The van der Waals surface area contributed by atoms with E-state index in [1.54, 1.807) is 13.0 Å². The summed E-state index contributed by atoms with van der Waals surface area (Å²) in [7, 11) is -4.39. The number of carbonyl (C=O) groups is 3. The molecule has 3 amide bonds. The highest BCUT2D eigenvalue weighted by Gasteiger charge is 2.36. The molecule has 0 unspecified atom stereocenters. The van der Waals surface area contributed by atoms with Gasteiger partial charge in [-0.3, -0.25) is 14.4 Å². The molecule has 9 nitrogen and oxygen atoms in total. The van der Waals surface area contributed by atoms with E-state index in [1.165, 1.54) is 17.0 Å². The predicted octanol–water partition coefficient (Wildman–Crippen LogP) is 1.28. The molecule has 0 saturated carbocycles. The lowest BCUT2D eigenvalue weighted by atomic mass is 10.0. The molecular formula is C21H26F2N4O5S. The van der Waals surface area contributed by atoms with Crippen molar-refractivity contribution in [3.63, 3.8) is 0 Å². The summed E-state index contributed by atoms with van der Waals surface area (Å²) < 4.78 is 54.0. The van der Waals surface area contributed by atoms with Crippen LogP contribution in [0.15, 0.2) is 34.7 Å². The molecule has 1 atom stereocenters. The highest BCUT2D eigenvalue weighted by Crippen LogP contribution is 2.31. The van der Waals surface area contributed by atoms with Crippen molar-refractivity contribution in [2.24, 2.45) is 5.73 Å². The Morgan fingerprint density at radius 3 is 2.33 bits per heavy atom. The van der Waals surface area contributed by atoms with E-state index in [-0.39, 0.29) is 48.7 Å². The molecule has 3 N–H and O–H groups in total. The monoisotopic (exact) mass is 484 g/mol. The maximum absolute atomic E-state index is 13.2. The van der Waals surface area contributed by atoms with Crippen molar-refractivity contribution in [2.75, 3.05) is 24.5 Å². The van der Waals surface area contributed by atoms with Gasteiger partial charge in [0.25, 0.3) is 6.08 Å². The minimum atomic E-state index is -4.39. The molecule has 3 rings (SSSR count). The van der Waals surface area contributed by atoms with Crippen LogP contribution >= 0.6 is 0 Å². The number of piperidine rings is 1. The number of anilines is 1. The largest absolute Gasteiger partial charge is 0.368 e. The summed E-state index contributed by atoms with van der Waals surface area (Å²) in [5.41, 5.74) is 6.10. The Kier molecular flexibility index (Phi) is 7.48. The Labute approximate surface area is 190 Å². The molecule has 0 spiro atoms. The van der Waals surface area contributed by atoms with E-state index in [0.717, 1.165) is 4.90 Å². The number of halogens is 2. The van der Waals surface area contributed by atoms with Gasteiger partial charge >= 0.3 is 0 Å². The second-order valence-electron chi connectivity index (χ2n) is 7.90. The van der Waals surface area contributed by atoms with Crippen LogP contribution in [0.1, 0.15) is 38.2 Å². The molecule has 0 radical (unpaired) electrons. The highest BCUT2D eigenvalue weighted by molar-refractivity contribution is 7.89. The van der Waals surface area contributed by atoms with Gasteiger partial charge in [0.05, 0.1) is 4.90 Å². The number of nitrogens with zero attached hydrogens (tertiary/aromatic N) is 2. The zero-order valence-electron chi connectivity index (χ0n) is 18.1. The van der Waals surface area contributed by atoms with Crippen molar-refractivity contribution in [2.45, 2.75) is 50.0 Å². The van der Waals surface area contributed by atoms with Gasteiger partial charge in [-0.25, -0.2) is 8.42 Å².